The molecule has 1 atom stereocenters. The van der Waals surface area contributed by atoms with E-state index in [4.69, 9.17) is 4.74 Å². The van der Waals surface area contributed by atoms with E-state index in [2.05, 4.69) is 10.6 Å². The molecule has 0 radical (unpaired) electrons. The molecule has 0 bridgehead atoms. The molecular formula is C20H26N2O4S. The molecule has 146 valence electrons. The Morgan fingerprint density at radius 2 is 1.96 bits per heavy atom. The van der Waals surface area contributed by atoms with E-state index in [1.807, 2.05) is 0 Å². The van der Waals surface area contributed by atoms with Gasteiger partial charge >= 0.3 is 5.97 Å². The zero-order valence-corrected chi connectivity index (χ0v) is 16.4. The molecule has 2 aliphatic rings. The number of esters is 1. The molecule has 0 saturated heterocycles. The van der Waals surface area contributed by atoms with E-state index in [1.165, 1.54) is 12.8 Å². The second-order valence-electron chi connectivity index (χ2n) is 7.10. The molecule has 1 aliphatic heterocycles. The van der Waals surface area contributed by atoms with Gasteiger partial charge in [-0.15, -0.1) is 11.8 Å². The molecule has 3 rings (SSSR count). The summed E-state index contributed by atoms with van der Waals surface area (Å²) in [6.45, 7) is 1.59. The first-order chi connectivity index (χ1) is 13.0. The highest BCUT2D eigenvalue weighted by atomic mass is 32.2. The van der Waals surface area contributed by atoms with Gasteiger partial charge in [0.25, 0.3) is 5.91 Å². The number of ether oxygens (including phenoxy) is 1. The highest BCUT2D eigenvalue weighted by Crippen LogP contribution is 2.31. The van der Waals surface area contributed by atoms with Gasteiger partial charge in [0.15, 0.2) is 6.10 Å². The summed E-state index contributed by atoms with van der Waals surface area (Å²) in [5, 5.41) is 5.81. The maximum atomic E-state index is 12.4. The number of fused-ring (bicyclic) bond motifs is 1. The second kappa shape index (κ2) is 9.26. The van der Waals surface area contributed by atoms with Crippen molar-refractivity contribution < 1.29 is 19.1 Å². The molecule has 1 aromatic rings. The number of benzene rings is 1. The monoisotopic (exact) mass is 390 g/mol. The van der Waals surface area contributed by atoms with Crippen LogP contribution >= 0.6 is 11.8 Å². The number of nitrogens with one attached hydrogen (secondary N) is 2. The molecule has 6 nitrogen and oxygen atoms in total. The van der Waals surface area contributed by atoms with Crippen molar-refractivity contribution in [2.24, 2.45) is 0 Å². The Labute approximate surface area is 163 Å². The largest absolute Gasteiger partial charge is 0.449 e. The Hall–Kier alpha value is -2.02. The summed E-state index contributed by atoms with van der Waals surface area (Å²) < 4.78 is 5.35. The van der Waals surface area contributed by atoms with E-state index in [1.54, 1.807) is 36.9 Å². The highest BCUT2D eigenvalue weighted by molar-refractivity contribution is 7.99. The average Bonchev–Trinajstić information content (AvgIpc) is 3.00. The van der Waals surface area contributed by atoms with Crippen LogP contribution in [0.5, 0.6) is 0 Å². The summed E-state index contributed by atoms with van der Waals surface area (Å²) in [6, 6.07) is 5.25. The van der Waals surface area contributed by atoms with Crippen LogP contribution in [0.4, 0.5) is 5.69 Å². The number of rotatable bonds is 4. The maximum Gasteiger partial charge on any atom is 0.338 e. The molecule has 0 unspecified atom stereocenters. The van der Waals surface area contributed by atoms with Crippen molar-refractivity contribution in [2.45, 2.75) is 68.9 Å². The molecule has 1 saturated carbocycles. The lowest BCUT2D eigenvalue weighted by molar-refractivity contribution is -0.129. The predicted octanol–water partition coefficient (Wildman–Crippen LogP) is 3.51. The standard InChI is InChI=1S/C20H26N2O4S/c1-13(19(24)21-15-6-4-2-3-5-7-15)26-20(25)14-8-9-17-16(12-14)22-18(23)10-11-27-17/h8-9,12-13,15H,2-7,10-11H2,1H3,(H,21,24)(H,22,23)/t13-/m0/s1. The van der Waals surface area contributed by atoms with Crippen LogP contribution in [0.2, 0.25) is 0 Å². The third kappa shape index (κ3) is 5.48. The Kier molecular flexibility index (Phi) is 6.77. The number of carbonyl (C=O) groups is 3. The predicted molar refractivity (Wildman–Crippen MR) is 105 cm³/mol. The van der Waals surface area contributed by atoms with Gasteiger partial charge in [0.05, 0.1) is 11.3 Å². The van der Waals surface area contributed by atoms with Crippen LogP contribution in [-0.2, 0) is 14.3 Å². The van der Waals surface area contributed by atoms with Crippen LogP contribution in [0, 0.1) is 0 Å². The number of carbonyl (C=O) groups excluding carboxylic acids is 3. The lowest BCUT2D eigenvalue weighted by atomic mass is 10.1. The van der Waals surface area contributed by atoms with Gasteiger partial charge in [-0.2, -0.15) is 0 Å². The van der Waals surface area contributed by atoms with Crippen LogP contribution in [0.1, 0.15) is 62.2 Å². The van der Waals surface area contributed by atoms with E-state index < -0.39 is 12.1 Å². The summed E-state index contributed by atoms with van der Waals surface area (Å²) in [4.78, 5) is 37.4. The van der Waals surface area contributed by atoms with Crippen molar-refractivity contribution in [3.05, 3.63) is 23.8 Å². The van der Waals surface area contributed by atoms with Crippen molar-refractivity contribution in [3.8, 4) is 0 Å². The Bertz CT molecular complexity index is 714. The third-order valence-electron chi connectivity index (χ3n) is 4.93. The Morgan fingerprint density at radius 1 is 1.22 bits per heavy atom. The fourth-order valence-electron chi connectivity index (χ4n) is 3.37. The minimum Gasteiger partial charge on any atom is -0.449 e. The van der Waals surface area contributed by atoms with Gasteiger partial charge in [-0.05, 0) is 38.0 Å². The SMILES string of the molecule is C[C@H](OC(=O)c1ccc2c(c1)NC(=O)CCS2)C(=O)NC1CCCCCC1. The van der Waals surface area contributed by atoms with Crippen molar-refractivity contribution in [3.63, 3.8) is 0 Å². The first kappa shape index (κ1) is 19.7. The lowest BCUT2D eigenvalue weighted by Gasteiger charge is -2.20. The van der Waals surface area contributed by atoms with E-state index in [9.17, 15) is 14.4 Å². The molecule has 1 fully saturated rings. The average molecular weight is 391 g/mol. The minimum atomic E-state index is -0.858. The minimum absolute atomic E-state index is 0.0667. The summed E-state index contributed by atoms with van der Waals surface area (Å²) in [5.74, 6) is -0.178. The van der Waals surface area contributed by atoms with Crippen LogP contribution in [0.15, 0.2) is 23.1 Å². The van der Waals surface area contributed by atoms with E-state index in [-0.39, 0.29) is 17.9 Å². The van der Waals surface area contributed by atoms with Crippen molar-refractivity contribution in [2.75, 3.05) is 11.1 Å². The van der Waals surface area contributed by atoms with Crippen LogP contribution < -0.4 is 10.6 Å². The molecule has 0 spiro atoms. The fraction of sp³-hybridized carbons (Fsp3) is 0.550. The first-order valence-electron chi connectivity index (χ1n) is 9.61. The highest BCUT2D eigenvalue weighted by Gasteiger charge is 2.23. The van der Waals surface area contributed by atoms with Gasteiger partial charge < -0.3 is 15.4 Å². The van der Waals surface area contributed by atoms with Crippen LogP contribution in [-0.4, -0.2) is 35.7 Å². The zero-order chi connectivity index (χ0) is 19.2. The van der Waals surface area contributed by atoms with E-state index >= 15 is 0 Å². The van der Waals surface area contributed by atoms with E-state index in [0.29, 0.717) is 23.4 Å². The van der Waals surface area contributed by atoms with Crippen molar-refractivity contribution >= 4 is 35.2 Å². The smallest absolute Gasteiger partial charge is 0.338 e. The quantitative estimate of drug-likeness (QED) is 0.607. The topological polar surface area (TPSA) is 84.5 Å². The van der Waals surface area contributed by atoms with Gasteiger partial charge in [0.1, 0.15) is 0 Å². The molecular weight excluding hydrogens is 364 g/mol. The van der Waals surface area contributed by atoms with E-state index in [0.717, 1.165) is 30.6 Å². The number of thioether (sulfide) groups is 1. The Balaban J connectivity index is 1.59. The molecule has 2 N–H and O–H groups in total. The molecule has 2 amide bonds. The number of amides is 2. The van der Waals surface area contributed by atoms with Crippen LogP contribution in [0.25, 0.3) is 0 Å². The summed E-state index contributed by atoms with van der Waals surface area (Å²) >= 11 is 1.57. The summed E-state index contributed by atoms with van der Waals surface area (Å²) in [7, 11) is 0. The van der Waals surface area contributed by atoms with Crippen molar-refractivity contribution in [1.29, 1.82) is 0 Å². The molecule has 1 aromatic carbocycles. The molecule has 1 heterocycles. The van der Waals surface area contributed by atoms with Gasteiger partial charge in [0.2, 0.25) is 5.91 Å². The third-order valence-corrected chi connectivity index (χ3v) is 6.01. The zero-order valence-electron chi connectivity index (χ0n) is 15.6. The number of hydrogen-bond acceptors (Lipinski definition) is 5. The van der Waals surface area contributed by atoms with Crippen LogP contribution in [0.3, 0.4) is 0 Å². The fourth-order valence-corrected chi connectivity index (χ4v) is 4.31. The molecule has 27 heavy (non-hydrogen) atoms. The number of hydrogen-bond donors (Lipinski definition) is 2. The molecule has 0 aromatic heterocycles. The first-order valence-corrected chi connectivity index (χ1v) is 10.6. The summed E-state index contributed by atoms with van der Waals surface area (Å²) in [6.07, 6.45) is 6.22. The van der Waals surface area contributed by atoms with Gasteiger partial charge in [-0.25, -0.2) is 4.79 Å². The number of anilines is 1. The second-order valence-corrected chi connectivity index (χ2v) is 8.24. The normalized spacial score (nSPS) is 19.1. The lowest BCUT2D eigenvalue weighted by Crippen LogP contribution is -2.41. The summed E-state index contributed by atoms with van der Waals surface area (Å²) in [5.41, 5.74) is 0.943. The van der Waals surface area contributed by atoms with Gasteiger partial charge in [-0.1, -0.05) is 25.7 Å². The van der Waals surface area contributed by atoms with Crippen molar-refractivity contribution in [1.82, 2.24) is 5.32 Å². The molecule has 7 heteroatoms. The van der Waals surface area contributed by atoms with Gasteiger partial charge in [-0.3, -0.25) is 9.59 Å². The maximum absolute atomic E-state index is 12.4. The Morgan fingerprint density at radius 3 is 2.70 bits per heavy atom. The molecule has 1 aliphatic carbocycles. The van der Waals surface area contributed by atoms with Gasteiger partial charge in [0, 0.05) is 23.1 Å².